The Kier molecular flexibility index (Phi) is 7.25. The predicted octanol–water partition coefficient (Wildman–Crippen LogP) is 3.24. The van der Waals surface area contributed by atoms with E-state index in [-0.39, 0.29) is 30.3 Å². The lowest BCUT2D eigenvalue weighted by Gasteiger charge is -2.24. The second-order valence-electron chi connectivity index (χ2n) is 6.19. The van der Waals surface area contributed by atoms with E-state index in [4.69, 9.17) is 15.2 Å². The van der Waals surface area contributed by atoms with Crippen LogP contribution in [0.1, 0.15) is 24.8 Å². The molecule has 1 aliphatic carbocycles. The highest BCUT2D eigenvalue weighted by atomic mass is 35.5. The van der Waals surface area contributed by atoms with Crippen molar-refractivity contribution in [3.63, 3.8) is 0 Å². The van der Waals surface area contributed by atoms with Gasteiger partial charge in [0.25, 0.3) is 0 Å². The molecule has 1 amide bonds. The van der Waals surface area contributed by atoms with Crippen molar-refractivity contribution < 1.29 is 14.3 Å². The fourth-order valence-electron chi connectivity index (χ4n) is 3.20. The van der Waals surface area contributed by atoms with E-state index >= 15 is 0 Å². The minimum absolute atomic E-state index is 0. The summed E-state index contributed by atoms with van der Waals surface area (Å²) in [4.78, 5) is 19.2. The number of aromatic nitrogens is 1. The molecule has 2 aromatic rings. The minimum atomic E-state index is -0.0388. The molecule has 1 heterocycles. The number of carbonyl (C=O) groups excluding carboxylic acids is 1. The average molecular weight is 398 g/mol. The molecule has 26 heavy (non-hydrogen) atoms. The zero-order valence-corrected chi connectivity index (χ0v) is 16.5. The first-order chi connectivity index (χ1) is 12.1. The topological polar surface area (TPSA) is 77.7 Å². The number of rotatable bonds is 6. The van der Waals surface area contributed by atoms with E-state index in [2.05, 4.69) is 4.98 Å². The fraction of sp³-hybridized carbons (Fsp3) is 0.444. The number of ether oxygens (including phenoxy) is 2. The van der Waals surface area contributed by atoms with E-state index in [0.717, 1.165) is 30.6 Å². The number of hydrogen-bond acceptors (Lipinski definition) is 6. The number of nitrogens with zero attached hydrogens (tertiary/aromatic N) is 2. The molecule has 2 unspecified atom stereocenters. The van der Waals surface area contributed by atoms with Gasteiger partial charge >= 0.3 is 0 Å². The summed E-state index contributed by atoms with van der Waals surface area (Å²) >= 11 is 1.46. The maximum Gasteiger partial charge on any atom is 0.232 e. The summed E-state index contributed by atoms with van der Waals surface area (Å²) in [5.41, 5.74) is 6.91. The molecule has 0 spiro atoms. The summed E-state index contributed by atoms with van der Waals surface area (Å²) < 4.78 is 10.7. The van der Waals surface area contributed by atoms with Gasteiger partial charge in [0.15, 0.2) is 5.13 Å². The van der Waals surface area contributed by atoms with E-state index in [0.29, 0.717) is 17.4 Å². The standard InChI is InChI=1S/C18H23N3O3S.ClH/c1-23-15-6-4-13(16(10-15)24-2)11-21(18-20-7-8-25-18)17(22)12-3-5-14(19)9-12;/h4,6-8,10,12,14H,3,5,9,11,19H2,1-2H3;1H. The lowest BCUT2D eigenvalue weighted by Crippen LogP contribution is -2.35. The van der Waals surface area contributed by atoms with Gasteiger partial charge in [-0.2, -0.15) is 0 Å². The second kappa shape index (κ2) is 9.21. The molecule has 142 valence electrons. The summed E-state index contributed by atoms with van der Waals surface area (Å²) in [5.74, 6) is 1.45. The van der Waals surface area contributed by atoms with Gasteiger partial charge < -0.3 is 15.2 Å². The SMILES string of the molecule is COc1ccc(CN(C(=O)C2CCC(N)C2)c2nccs2)c(OC)c1.Cl. The van der Waals surface area contributed by atoms with Gasteiger partial charge in [0, 0.05) is 35.2 Å². The average Bonchev–Trinajstić information content (AvgIpc) is 3.30. The molecule has 3 rings (SSSR count). The molecule has 1 saturated carbocycles. The maximum atomic E-state index is 13.1. The first kappa shape index (κ1) is 20.5. The largest absolute Gasteiger partial charge is 0.497 e. The van der Waals surface area contributed by atoms with Crippen molar-refractivity contribution in [3.8, 4) is 11.5 Å². The summed E-state index contributed by atoms with van der Waals surface area (Å²) in [6, 6.07) is 5.73. The molecule has 2 N–H and O–H groups in total. The smallest absolute Gasteiger partial charge is 0.232 e. The Morgan fingerprint density at radius 3 is 2.73 bits per heavy atom. The molecule has 8 heteroatoms. The van der Waals surface area contributed by atoms with Gasteiger partial charge in [0.05, 0.1) is 20.8 Å². The summed E-state index contributed by atoms with van der Waals surface area (Å²) in [6.45, 7) is 0.408. The third-order valence-corrected chi connectivity index (χ3v) is 5.36. The van der Waals surface area contributed by atoms with Crippen LogP contribution in [0.25, 0.3) is 0 Å². The Morgan fingerprint density at radius 2 is 2.15 bits per heavy atom. The Balaban J connectivity index is 0.00000243. The van der Waals surface area contributed by atoms with Crippen LogP contribution in [-0.4, -0.2) is 31.2 Å². The van der Waals surface area contributed by atoms with Gasteiger partial charge in [0.2, 0.25) is 5.91 Å². The number of halogens is 1. The number of anilines is 1. The lowest BCUT2D eigenvalue weighted by atomic mass is 10.1. The number of benzene rings is 1. The van der Waals surface area contributed by atoms with Crippen LogP contribution in [-0.2, 0) is 11.3 Å². The number of carbonyl (C=O) groups is 1. The van der Waals surface area contributed by atoms with Gasteiger partial charge in [-0.1, -0.05) is 0 Å². The van der Waals surface area contributed by atoms with Crippen molar-refractivity contribution in [1.29, 1.82) is 0 Å². The Hall–Kier alpha value is -1.83. The van der Waals surface area contributed by atoms with Gasteiger partial charge in [-0.15, -0.1) is 23.7 Å². The highest BCUT2D eigenvalue weighted by Crippen LogP contribution is 2.32. The summed E-state index contributed by atoms with van der Waals surface area (Å²) in [7, 11) is 3.23. The van der Waals surface area contributed by atoms with Crippen molar-refractivity contribution in [2.24, 2.45) is 11.7 Å². The lowest BCUT2D eigenvalue weighted by molar-refractivity contribution is -0.122. The molecule has 1 aromatic carbocycles. The van der Waals surface area contributed by atoms with E-state index in [1.165, 1.54) is 11.3 Å². The van der Waals surface area contributed by atoms with E-state index < -0.39 is 0 Å². The van der Waals surface area contributed by atoms with Crippen LogP contribution in [0.4, 0.5) is 5.13 Å². The highest BCUT2D eigenvalue weighted by Gasteiger charge is 2.33. The zero-order valence-electron chi connectivity index (χ0n) is 14.9. The molecule has 0 bridgehead atoms. The van der Waals surface area contributed by atoms with Gasteiger partial charge in [-0.25, -0.2) is 4.98 Å². The zero-order chi connectivity index (χ0) is 17.8. The first-order valence-corrected chi connectivity index (χ1v) is 9.17. The van der Waals surface area contributed by atoms with Crippen LogP contribution < -0.4 is 20.1 Å². The normalized spacial score (nSPS) is 18.9. The van der Waals surface area contributed by atoms with Crippen LogP contribution in [0.5, 0.6) is 11.5 Å². The summed E-state index contributed by atoms with van der Waals surface area (Å²) in [6.07, 6.45) is 4.18. The summed E-state index contributed by atoms with van der Waals surface area (Å²) in [5, 5.41) is 2.57. The third kappa shape index (κ3) is 4.47. The van der Waals surface area contributed by atoms with Crippen molar-refractivity contribution >= 4 is 34.8 Å². The minimum Gasteiger partial charge on any atom is -0.497 e. The molecule has 1 aliphatic rings. The number of hydrogen-bond donors (Lipinski definition) is 1. The van der Waals surface area contributed by atoms with Crippen molar-refractivity contribution in [1.82, 2.24) is 4.98 Å². The van der Waals surface area contributed by atoms with Crippen LogP contribution in [0, 0.1) is 5.92 Å². The predicted molar refractivity (Wildman–Crippen MR) is 105 cm³/mol. The van der Waals surface area contributed by atoms with Crippen LogP contribution in [0.15, 0.2) is 29.8 Å². The van der Waals surface area contributed by atoms with Crippen LogP contribution in [0.3, 0.4) is 0 Å². The van der Waals surface area contributed by atoms with E-state index in [1.807, 2.05) is 23.6 Å². The molecule has 1 fully saturated rings. The van der Waals surface area contributed by atoms with Gasteiger partial charge in [-0.05, 0) is 31.4 Å². The molecule has 6 nitrogen and oxygen atoms in total. The fourth-order valence-corrected chi connectivity index (χ4v) is 3.85. The number of thiazole rings is 1. The third-order valence-electron chi connectivity index (χ3n) is 4.56. The van der Waals surface area contributed by atoms with Crippen LogP contribution >= 0.6 is 23.7 Å². The molecule has 0 saturated heterocycles. The molecule has 0 radical (unpaired) electrons. The monoisotopic (exact) mass is 397 g/mol. The highest BCUT2D eigenvalue weighted by molar-refractivity contribution is 7.13. The molecular formula is C18H24ClN3O3S. The van der Waals surface area contributed by atoms with Crippen molar-refractivity contribution in [3.05, 3.63) is 35.3 Å². The molecular weight excluding hydrogens is 374 g/mol. The Bertz CT molecular complexity index is 726. The Labute approximate surface area is 163 Å². The van der Waals surface area contributed by atoms with E-state index in [9.17, 15) is 4.79 Å². The second-order valence-corrected chi connectivity index (χ2v) is 7.06. The number of amides is 1. The number of methoxy groups -OCH3 is 2. The quantitative estimate of drug-likeness (QED) is 0.809. The maximum absolute atomic E-state index is 13.1. The number of nitrogens with two attached hydrogens (primary N) is 1. The van der Waals surface area contributed by atoms with Gasteiger partial charge in [-0.3, -0.25) is 9.69 Å². The molecule has 2 atom stereocenters. The Morgan fingerprint density at radius 1 is 1.35 bits per heavy atom. The first-order valence-electron chi connectivity index (χ1n) is 8.29. The molecule has 0 aliphatic heterocycles. The molecule has 1 aromatic heterocycles. The van der Waals surface area contributed by atoms with Crippen molar-refractivity contribution in [2.75, 3.05) is 19.1 Å². The van der Waals surface area contributed by atoms with Gasteiger partial charge in [0.1, 0.15) is 11.5 Å². The van der Waals surface area contributed by atoms with E-state index in [1.54, 1.807) is 25.3 Å². The van der Waals surface area contributed by atoms with Crippen LogP contribution in [0.2, 0.25) is 0 Å². The van der Waals surface area contributed by atoms with Crippen molar-refractivity contribution in [2.45, 2.75) is 31.8 Å².